The van der Waals surface area contributed by atoms with Crippen LogP contribution in [0.2, 0.25) is 0 Å². The topological polar surface area (TPSA) is 81.7 Å². The van der Waals surface area contributed by atoms with E-state index in [0.29, 0.717) is 36.7 Å². The Morgan fingerprint density at radius 3 is 2.52 bits per heavy atom. The second kappa shape index (κ2) is 8.82. The van der Waals surface area contributed by atoms with Gasteiger partial charge in [-0.25, -0.2) is 8.78 Å². The van der Waals surface area contributed by atoms with Crippen LogP contribution in [0.25, 0.3) is 17.1 Å². The highest BCUT2D eigenvalue weighted by Crippen LogP contribution is 2.18. The van der Waals surface area contributed by atoms with E-state index in [2.05, 4.69) is 20.3 Å². The van der Waals surface area contributed by atoms with Gasteiger partial charge in [0.25, 0.3) is 5.91 Å². The van der Waals surface area contributed by atoms with Crippen LogP contribution in [0.5, 0.6) is 0 Å². The maximum absolute atomic E-state index is 13.9. The second-order valence-corrected chi connectivity index (χ2v) is 6.69. The monoisotopic (exact) mass is 423 g/mol. The first-order valence-electron chi connectivity index (χ1n) is 9.66. The molecule has 0 saturated carbocycles. The minimum atomic E-state index is -0.515. The number of pyridine rings is 1. The summed E-state index contributed by atoms with van der Waals surface area (Å²) in [5.74, 6) is -1.26. The lowest BCUT2D eigenvalue weighted by atomic mass is 10.1. The molecule has 0 aliphatic heterocycles. The lowest BCUT2D eigenvalue weighted by Gasteiger charge is -2.22. The van der Waals surface area contributed by atoms with E-state index in [4.69, 9.17) is 0 Å². The number of halogens is 2. The lowest BCUT2D eigenvalue weighted by molar-refractivity contribution is 0.0756. The van der Waals surface area contributed by atoms with Gasteiger partial charge in [-0.3, -0.25) is 14.5 Å². The van der Waals surface area contributed by atoms with Gasteiger partial charge in [0.1, 0.15) is 17.3 Å². The quantitative estimate of drug-likeness (QED) is 0.457. The van der Waals surface area contributed by atoms with Gasteiger partial charge < -0.3 is 4.90 Å². The number of benzene rings is 1. The third-order valence-electron chi connectivity index (χ3n) is 4.72. The van der Waals surface area contributed by atoms with Gasteiger partial charge in [-0.2, -0.15) is 20.1 Å². The zero-order chi connectivity index (χ0) is 21.8. The van der Waals surface area contributed by atoms with E-state index in [9.17, 15) is 13.6 Å². The Hall–Kier alpha value is -3.95. The first-order chi connectivity index (χ1) is 15.0. The van der Waals surface area contributed by atoms with Gasteiger partial charge in [0.15, 0.2) is 0 Å². The molecule has 1 amide bonds. The molecule has 0 atom stereocenters. The molecule has 4 aromatic rings. The fourth-order valence-corrected chi connectivity index (χ4v) is 3.14. The number of hydrogen-bond donors (Lipinski definition) is 0. The summed E-state index contributed by atoms with van der Waals surface area (Å²) in [4.78, 5) is 20.0. The first kappa shape index (κ1) is 20.3. The molecule has 0 saturated heterocycles. The molecule has 0 spiro atoms. The molecule has 8 nitrogen and oxygen atoms in total. The Balaban J connectivity index is 1.50. The van der Waals surface area contributed by atoms with Crippen molar-refractivity contribution in [3.63, 3.8) is 0 Å². The molecule has 0 aliphatic carbocycles. The van der Waals surface area contributed by atoms with Gasteiger partial charge in [-0.1, -0.05) is 0 Å². The van der Waals surface area contributed by atoms with E-state index in [0.717, 1.165) is 6.20 Å². The fraction of sp³-hybridized carbons (Fsp3) is 0.190. The number of rotatable bonds is 7. The van der Waals surface area contributed by atoms with Crippen LogP contribution in [0.15, 0.2) is 61.2 Å². The van der Waals surface area contributed by atoms with Crippen LogP contribution in [0.3, 0.4) is 0 Å². The average molecular weight is 423 g/mol. The molecule has 3 aromatic heterocycles. The van der Waals surface area contributed by atoms with E-state index >= 15 is 0 Å². The first-order valence-corrected chi connectivity index (χ1v) is 9.66. The van der Waals surface area contributed by atoms with Crippen molar-refractivity contribution in [3.8, 4) is 17.1 Å². The summed E-state index contributed by atoms with van der Waals surface area (Å²) in [6.07, 6.45) is 5.87. The SMILES string of the molecule is CCN(CCn1ccc(-c2ccc(F)cn2)n1)C(=O)c1cc(F)ccc1-n1nccn1. The van der Waals surface area contributed by atoms with Crippen LogP contribution >= 0.6 is 0 Å². The molecular weight excluding hydrogens is 404 g/mol. The molecule has 0 unspecified atom stereocenters. The van der Waals surface area contributed by atoms with Crippen LogP contribution in [-0.4, -0.2) is 53.7 Å². The van der Waals surface area contributed by atoms with Crippen LogP contribution in [-0.2, 0) is 6.54 Å². The van der Waals surface area contributed by atoms with Crippen LogP contribution in [0, 0.1) is 11.6 Å². The summed E-state index contributed by atoms with van der Waals surface area (Å²) in [6, 6.07) is 8.58. The minimum absolute atomic E-state index is 0.176. The van der Waals surface area contributed by atoms with Gasteiger partial charge in [0.05, 0.1) is 42.1 Å². The molecule has 0 aliphatic rings. The zero-order valence-corrected chi connectivity index (χ0v) is 16.7. The van der Waals surface area contributed by atoms with Crippen LogP contribution < -0.4 is 0 Å². The zero-order valence-electron chi connectivity index (χ0n) is 16.7. The molecule has 0 bridgehead atoms. The average Bonchev–Trinajstić information content (AvgIpc) is 3.47. The summed E-state index contributed by atoms with van der Waals surface area (Å²) in [5, 5.41) is 12.5. The van der Waals surface area contributed by atoms with E-state index in [1.807, 2.05) is 6.92 Å². The van der Waals surface area contributed by atoms with E-state index < -0.39 is 11.6 Å². The number of nitrogens with zero attached hydrogens (tertiary/aromatic N) is 7. The Kier molecular flexibility index (Phi) is 5.78. The Morgan fingerprint density at radius 1 is 1.03 bits per heavy atom. The molecule has 158 valence electrons. The number of aromatic nitrogens is 6. The summed E-state index contributed by atoms with van der Waals surface area (Å²) < 4.78 is 28.6. The number of amides is 1. The highest BCUT2D eigenvalue weighted by Gasteiger charge is 2.20. The normalized spacial score (nSPS) is 10.9. The molecule has 10 heteroatoms. The van der Waals surface area contributed by atoms with Crippen LogP contribution in [0.4, 0.5) is 8.78 Å². The molecule has 31 heavy (non-hydrogen) atoms. The van der Waals surface area contributed by atoms with Crippen molar-refractivity contribution in [2.75, 3.05) is 13.1 Å². The molecule has 0 fully saturated rings. The van der Waals surface area contributed by atoms with E-state index in [1.54, 1.807) is 27.9 Å². The summed E-state index contributed by atoms with van der Waals surface area (Å²) in [6.45, 7) is 3.05. The van der Waals surface area contributed by atoms with E-state index in [-0.39, 0.29) is 11.5 Å². The number of carbonyl (C=O) groups excluding carboxylic acids is 1. The molecular formula is C21H19F2N7O. The maximum Gasteiger partial charge on any atom is 0.256 e. The summed E-state index contributed by atoms with van der Waals surface area (Å²) in [7, 11) is 0. The van der Waals surface area contributed by atoms with Gasteiger partial charge >= 0.3 is 0 Å². The molecule has 0 radical (unpaired) electrons. The van der Waals surface area contributed by atoms with Crippen molar-refractivity contribution in [1.29, 1.82) is 0 Å². The van der Waals surface area contributed by atoms with Gasteiger partial charge in [-0.05, 0) is 43.3 Å². The van der Waals surface area contributed by atoms with Crippen molar-refractivity contribution in [2.45, 2.75) is 13.5 Å². The Labute approximate surface area is 176 Å². The number of carbonyl (C=O) groups is 1. The molecule has 0 N–H and O–H groups in total. The number of hydrogen-bond acceptors (Lipinski definition) is 5. The Morgan fingerprint density at radius 2 is 1.81 bits per heavy atom. The standard InChI is InChI=1S/C21H19F2N7O/c1-2-28(11-12-29-10-7-19(27-29)18-5-3-16(23)14-24-18)21(31)17-13-15(22)4-6-20(17)30-25-8-9-26-30/h3-10,13-14H,2,11-12H2,1H3. The highest BCUT2D eigenvalue weighted by atomic mass is 19.1. The fourth-order valence-electron chi connectivity index (χ4n) is 3.14. The smallest absolute Gasteiger partial charge is 0.256 e. The number of likely N-dealkylation sites (N-methyl/N-ethyl adjacent to an activating group) is 1. The van der Waals surface area contributed by atoms with Crippen LogP contribution in [0.1, 0.15) is 17.3 Å². The third-order valence-corrected chi connectivity index (χ3v) is 4.72. The Bertz CT molecular complexity index is 1170. The lowest BCUT2D eigenvalue weighted by Crippen LogP contribution is -2.34. The van der Waals surface area contributed by atoms with Gasteiger partial charge in [-0.15, -0.1) is 0 Å². The van der Waals surface area contributed by atoms with Gasteiger partial charge in [0, 0.05) is 19.3 Å². The van der Waals surface area contributed by atoms with Crippen molar-refractivity contribution in [1.82, 2.24) is 34.7 Å². The molecule has 4 rings (SSSR count). The van der Waals surface area contributed by atoms with Crippen molar-refractivity contribution in [2.24, 2.45) is 0 Å². The minimum Gasteiger partial charge on any atom is -0.337 e. The largest absolute Gasteiger partial charge is 0.337 e. The van der Waals surface area contributed by atoms with Crippen molar-refractivity contribution in [3.05, 3.63) is 78.4 Å². The van der Waals surface area contributed by atoms with E-state index in [1.165, 1.54) is 41.5 Å². The predicted octanol–water partition coefficient (Wildman–Crippen LogP) is 2.97. The van der Waals surface area contributed by atoms with Crippen molar-refractivity contribution >= 4 is 5.91 Å². The third kappa shape index (κ3) is 4.47. The summed E-state index contributed by atoms with van der Waals surface area (Å²) in [5.41, 5.74) is 1.74. The summed E-state index contributed by atoms with van der Waals surface area (Å²) >= 11 is 0. The van der Waals surface area contributed by atoms with Crippen molar-refractivity contribution < 1.29 is 13.6 Å². The predicted molar refractivity (Wildman–Crippen MR) is 108 cm³/mol. The van der Waals surface area contributed by atoms with Gasteiger partial charge in [0.2, 0.25) is 0 Å². The second-order valence-electron chi connectivity index (χ2n) is 6.69. The highest BCUT2D eigenvalue weighted by molar-refractivity contribution is 5.97. The maximum atomic E-state index is 13.9. The molecule has 3 heterocycles. The molecule has 1 aromatic carbocycles.